The van der Waals surface area contributed by atoms with E-state index in [1.165, 1.54) is 0 Å². The van der Waals surface area contributed by atoms with E-state index in [0.29, 0.717) is 18.0 Å². The third-order valence-corrected chi connectivity index (χ3v) is 4.17. The molecule has 2 N–H and O–H groups in total. The Labute approximate surface area is 138 Å². The number of aliphatic hydroxyl groups excluding tert-OH is 1. The lowest BCUT2D eigenvalue weighted by Crippen LogP contribution is -2.43. The second kappa shape index (κ2) is 7.84. The number of hydrogen-bond acceptors (Lipinski definition) is 2. The van der Waals surface area contributed by atoms with Crippen LogP contribution in [0.25, 0.3) is 0 Å². The summed E-state index contributed by atoms with van der Waals surface area (Å²) in [6, 6.07) is 7.27. The summed E-state index contributed by atoms with van der Waals surface area (Å²) < 4.78 is 0. The summed E-state index contributed by atoms with van der Waals surface area (Å²) in [7, 11) is 1.75. The minimum atomic E-state index is -0.383. The highest BCUT2D eigenvalue weighted by Crippen LogP contribution is 2.26. The standard InChI is InChI=1S/C17H27ClN2O2/c1-12(21)10-17(3,4)11-19-16(22)20(5)13(2)14-8-6-7-9-15(14)18/h6-9,12-13,21H,10-11H2,1-5H3,(H,19,22). The average Bonchev–Trinajstić information content (AvgIpc) is 2.42. The average molecular weight is 327 g/mol. The van der Waals surface area contributed by atoms with Crippen LogP contribution < -0.4 is 5.32 Å². The monoisotopic (exact) mass is 326 g/mol. The van der Waals surface area contributed by atoms with Crippen molar-refractivity contribution in [3.8, 4) is 0 Å². The number of amides is 2. The maximum Gasteiger partial charge on any atom is 0.317 e. The van der Waals surface area contributed by atoms with Gasteiger partial charge >= 0.3 is 6.03 Å². The Balaban J connectivity index is 2.64. The Hall–Kier alpha value is -1.26. The lowest BCUT2D eigenvalue weighted by molar-refractivity contribution is 0.126. The van der Waals surface area contributed by atoms with Crippen molar-refractivity contribution in [1.29, 1.82) is 0 Å². The van der Waals surface area contributed by atoms with Crippen LogP contribution in [0.15, 0.2) is 24.3 Å². The van der Waals surface area contributed by atoms with Crippen LogP contribution in [0.3, 0.4) is 0 Å². The highest BCUT2D eigenvalue weighted by molar-refractivity contribution is 6.31. The van der Waals surface area contributed by atoms with Gasteiger partial charge in [-0.15, -0.1) is 0 Å². The summed E-state index contributed by atoms with van der Waals surface area (Å²) in [5.74, 6) is 0. The van der Waals surface area contributed by atoms with Gasteiger partial charge < -0.3 is 15.3 Å². The summed E-state index contributed by atoms with van der Waals surface area (Å²) in [6.45, 7) is 8.27. The fraction of sp³-hybridized carbons (Fsp3) is 0.588. The van der Waals surface area contributed by atoms with E-state index < -0.39 is 0 Å². The van der Waals surface area contributed by atoms with Crippen molar-refractivity contribution in [3.05, 3.63) is 34.9 Å². The van der Waals surface area contributed by atoms with Crippen LogP contribution in [0.4, 0.5) is 4.79 Å². The normalized spacial score (nSPS) is 14.3. The van der Waals surface area contributed by atoms with Gasteiger partial charge in [-0.1, -0.05) is 43.6 Å². The summed E-state index contributed by atoms with van der Waals surface area (Å²) in [5.41, 5.74) is 0.767. The molecule has 2 atom stereocenters. The van der Waals surface area contributed by atoms with Crippen LogP contribution in [-0.2, 0) is 0 Å². The maximum absolute atomic E-state index is 12.3. The molecule has 1 aromatic rings. The molecule has 0 heterocycles. The van der Waals surface area contributed by atoms with E-state index >= 15 is 0 Å². The van der Waals surface area contributed by atoms with Crippen LogP contribution in [0, 0.1) is 5.41 Å². The first-order valence-electron chi connectivity index (χ1n) is 7.57. The van der Waals surface area contributed by atoms with Crippen LogP contribution in [-0.4, -0.2) is 35.7 Å². The predicted octanol–water partition coefficient (Wildman–Crippen LogP) is 3.84. The lowest BCUT2D eigenvalue weighted by Gasteiger charge is -2.30. The van der Waals surface area contributed by atoms with Crippen LogP contribution >= 0.6 is 11.6 Å². The van der Waals surface area contributed by atoms with Gasteiger partial charge in [0.05, 0.1) is 12.1 Å². The Morgan fingerprint density at radius 1 is 1.36 bits per heavy atom. The van der Waals surface area contributed by atoms with Crippen molar-refractivity contribution in [2.75, 3.05) is 13.6 Å². The zero-order chi connectivity index (χ0) is 16.9. The number of nitrogens with zero attached hydrogens (tertiary/aromatic N) is 1. The molecule has 0 fully saturated rings. The molecule has 124 valence electrons. The fourth-order valence-corrected chi connectivity index (χ4v) is 2.80. The number of carbonyl (C=O) groups is 1. The molecule has 0 saturated carbocycles. The van der Waals surface area contributed by atoms with Gasteiger partial charge in [-0.2, -0.15) is 0 Å². The topological polar surface area (TPSA) is 52.6 Å². The summed E-state index contributed by atoms with van der Waals surface area (Å²) >= 11 is 6.19. The molecule has 5 heteroatoms. The second-order valence-electron chi connectivity index (χ2n) is 6.68. The summed E-state index contributed by atoms with van der Waals surface area (Å²) in [4.78, 5) is 13.9. The maximum atomic E-state index is 12.3. The van der Waals surface area contributed by atoms with E-state index in [0.717, 1.165) is 5.56 Å². The van der Waals surface area contributed by atoms with Crippen molar-refractivity contribution >= 4 is 17.6 Å². The predicted molar refractivity (Wildman–Crippen MR) is 91.1 cm³/mol. The summed E-state index contributed by atoms with van der Waals surface area (Å²) in [5, 5.41) is 13.1. The molecule has 2 amide bonds. The molecule has 1 rings (SSSR count). The Bertz CT molecular complexity index is 503. The fourth-order valence-electron chi connectivity index (χ4n) is 2.51. The smallest absolute Gasteiger partial charge is 0.317 e. The molecular formula is C17H27ClN2O2. The van der Waals surface area contributed by atoms with Gasteiger partial charge in [0.1, 0.15) is 0 Å². The van der Waals surface area contributed by atoms with Gasteiger partial charge in [0.2, 0.25) is 0 Å². The van der Waals surface area contributed by atoms with Gasteiger partial charge in [-0.25, -0.2) is 4.79 Å². The van der Waals surface area contributed by atoms with Gasteiger partial charge in [0, 0.05) is 18.6 Å². The highest BCUT2D eigenvalue weighted by Gasteiger charge is 2.24. The molecule has 0 spiro atoms. The van der Waals surface area contributed by atoms with Gasteiger partial charge in [-0.05, 0) is 37.3 Å². The number of aliphatic hydroxyl groups is 1. The van der Waals surface area contributed by atoms with Crippen molar-refractivity contribution in [2.45, 2.75) is 46.3 Å². The molecule has 0 aliphatic carbocycles. The van der Waals surface area contributed by atoms with Crippen LogP contribution in [0.2, 0.25) is 5.02 Å². The Morgan fingerprint density at radius 2 is 1.95 bits per heavy atom. The van der Waals surface area contributed by atoms with Gasteiger partial charge in [0.15, 0.2) is 0 Å². The first kappa shape index (κ1) is 18.8. The zero-order valence-electron chi connectivity index (χ0n) is 14.1. The minimum Gasteiger partial charge on any atom is -0.393 e. The number of hydrogen-bond donors (Lipinski definition) is 2. The van der Waals surface area contributed by atoms with E-state index in [1.807, 2.05) is 45.0 Å². The highest BCUT2D eigenvalue weighted by atomic mass is 35.5. The Kier molecular flexibility index (Phi) is 6.69. The Morgan fingerprint density at radius 3 is 2.50 bits per heavy atom. The molecular weight excluding hydrogens is 300 g/mol. The van der Waals surface area contributed by atoms with E-state index in [4.69, 9.17) is 11.6 Å². The van der Waals surface area contributed by atoms with Crippen LogP contribution in [0.5, 0.6) is 0 Å². The number of benzene rings is 1. The molecule has 0 radical (unpaired) electrons. The number of carbonyl (C=O) groups excluding carboxylic acids is 1. The molecule has 4 nitrogen and oxygen atoms in total. The third kappa shape index (κ3) is 5.50. The van der Waals surface area contributed by atoms with Crippen molar-refractivity contribution in [1.82, 2.24) is 10.2 Å². The van der Waals surface area contributed by atoms with Gasteiger partial charge in [0.25, 0.3) is 0 Å². The quantitative estimate of drug-likeness (QED) is 0.834. The molecule has 22 heavy (non-hydrogen) atoms. The number of halogens is 1. The first-order valence-corrected chi connectivity index (χ1v) is 7.95. The first-order chi connectivity index (χ1) is 10.1. The van der Waals surface area contributed by atoms with E-state index in [-0.39, 0.29) is 23.6 Å². The van der Waals surface area contributed by atoms with Gasteiger partial charge in [-0.3, -0.25) is 0 Å². The number of rotatable bonds is 6. The zero-order valence-corrected chi connectivity index (χ0v) is 14.8. The number of urea groups is 1. The molecule has 0 aliphatic heterocycles. The SMILES string of the molecule is CC(O)CC(C)(C)CNC(=O)N(C)C(C)c1ccccc1Cl. The molecule has 0 saturated heterocycles. The number of nitrogens with one attached hydrogen (secondary N) is 1. The van der Waals surface area contributed by atoms with Crippen LogP contribution in [0.1, 0.15) is 45.7 Å². The molecule has 1 aromatic carbocycles. The lowest BCUT2D eigenvalue weighted by atomic mass is 9.87. The molecule has 0 aliphatic rings. The van der Waals surface area contributed by atoms with E-state index in [1.54, 1.807) is 18.9 Å². The second-order valence-corrected chi connectivity index (χ2v) is 7.09. The third-order valence-electron chi connectivity index (χ3n) is 3.82. The summed E-state index contributed by atoms with van der Waals surface area (Å²) in [6.07, 6.45) is 0.253. The minimum absolute atomic E-state index is 0.117. The van der Waals surface area contributed by atoms with Crippen molar-refractivity contribution < 1.29 is 9.90 Å². The van der Waals surface area contributed by atoms with Crippen molar-refractivity contribution in [2.24, 2.45) is 5.41 Å². The molecule has 2 unspecified atom stereocenters. The molecule has 0 aromatic heterocycles. The largest absolute Gasteiger partial charge is 0.393 e. The molecule has 0 bridgehead atoms. The van der Waals surface area contributed by atoms with E-state index in [9.17, 15) is 9.90 Å². The van der Waals surface area contributed by atoms with Crippen molar-refractivity contribution in [3.63, 3.8) is 0 Å². The van der Waals surface area contributed by atoms with E-state index in [2.05, 4.69) is 5.32 Å².